The van der Waals surface area contributed by atoms with Gasteiger partial charge in [0.1, 0.15) is 6.04 Å². The molecule has 150 valence electrons. The van der Waals surface area contributed by atoms with Crippen molar-refractivity contribution in [3.8, 4) is 0 Å². The van der Waals surface area contributed by atoms with Gasteiger partial charge in [-0.25, -0.2) is 0 Å². The molecular weight excluding hydrogens is 392 g/mol. The Morgan fingerprint density at radius 1 is 1.11 bits per heavy atom. The molecule has 1 atom stereocenters. The lowest BCUT2D eigenvalue weighted by Gasteiger charge is -2.28. The smallest absolute Gasteiger partial charge is 0.242 e. The van der Waals surface area contributed by atoms with Gasteiger partial charge in [0.15, 0.2) is 0 Å². The number of halogens is 1. The van der Waals surface area contributed by atoms with Crippen LogP contribution < -0.4 is 5.32 Å². The van der Waals surface area contributed by atoms with Gasteiger partial charge in [0.05, 0.1) is 5.75 Å². The normalized spacial score (nSPS) is 11.7. The largest absolute Gasteiger partial charge is 0.354 e. The molecule has 4 nitrogen and oxygen atoms in total. The lowest BCUT2D eigenvalue weighted by molar-refractivity contribution is -0.138. The van der Waals surface area contributed by atoms with Crippen LogP contribution in [0.2, 0.25) is 5.02 Å². The minimum Gasteiger partial charge on any atom is -0.354 e. The zero-order valence-corrected chi connectivity index (χ0v) is 17.9. The van der Waals surface area contributed by atoms with Crippen molar-refractivity contribution >= 4 is 35.2 Å². The van der Waals surface area contributed by atoms with E-state index in [-0.39, 0.29) is 17.6 Å². The van der Waals surface area contributed by atoms with Gasteiger partial charge in [-0.2, -0.15) is 0 Å². The first-order valence-corrected chi connectivity index (χ1v) is 10.9. The third kappa shape index (κ3) is 7.21. The van der Waals surface area contributed by atoms with Gasteiger partial charge in [0.25, 0.3) is 0 Å². The second kappa shape index (κ2) is 11.8. The van der Waals surface area contributed by atoms with E-state index in [1.165, 1.54) is 11.8 Å². The minimum atomic E-state index is -0.545. The van der Waals surface area contributed by atoms with E-state index in [9.17, 15) is 9.59 Å². The highest BCUT2D eigenvalue weighted by Crippen LogP contribution is 2.20. The minimum absolute atomic E-state index is 0.0676. The first-order chi connectivity index (χ1) is 13.5. The van der Waals surface area contributed by atoms with Crippen LogP contribution in [0, 0.1) is 0 Å². The molecule has 2 amide bonds. The number of benzene rings is 2. The monoisotopic (exact) mass is 418 g/mol. The Labute approximate surface area is 176 Å². The van der Waals surface area contributed by atoms with Crippen LogP contribution in [0.15, 0.2) is 59.5 Å². The summed E-state index contributed by atoms with van der Waals surface area (Å²) in [5.41, 5.74) is 0.940. The third-order valence-corrected chi connectivity index (χ3v) is 5.62. The Morgan fingerprint density at radius 2 is 1.79 bits per heavy atom. The molecule has 0 saturated carbocycles. The zero-order valence-electron chi connectivity index (χ0n) is 16.4. The lowest BCUT2D eigenvalue weighted by atomic mass is 10.1. The van der Waals surface area contributed by atoms with E-state index in [1.54, 1.807) is 24.0 Å². The van der Waals surface area contributed by atoms with Crippen molar-refractivity contribution in [3.63, 3.8) is 0 Å². The molecule has 0 aliphatic heterocycles. The Kier molecular flexibility index (Phi) is 9.38. The number of amides is 2. The molecule has 0 aromatic heterocycles. The maximum atomic E-state index is 13.0. The number of nitrogens with one attached hydrogen (secondary N) is 1. The molecule has 2 aromatic carbocycles. The quantitative estimate of drug-likeness (QED) is 0.446. The van der Waals surface area contributed by atoms with Gasteiger partial charge in [-0.15, -0.1) is 11.8 Å². The molecule has 0 saturated heterocycles. The highest BCUT2D eigenvalue weighted by Gasteiger charge is 2.25. The molecule has 0 heterocycles. The molecule has 0 aliphatic rings. The topological polar surface area (TPSA) is 49.4 Å². The van der Waals surface area contributed by atoms with E-state index < -0.39 is 6.04 Å². The number of hydrogen-bond donors (Lipinski definition) is 1. The summed E-state index contributed by atoms with van der Waals surface area (Å²) in [7, 11) is 0. The fourth-order valence-electron chi connectivity index (χ4n) is 2.65. The summed E-state index contributed by atoms with van der Waals surface area (Å²) in [5.74, 6) is 0.0897. The van der Waals surface area contributed by atoms with Gasteiger partial charge in [-0.3, -0.25) is 9.59 Å². The van der Waals surface area contributed by atoms with Crippen molar-refractivity contribution in [1.29, 1.82) is 0 Å². The Morgan fingerprint density at radius 3 is 2.43 bits per heavy atom. The molecule has 0 unspecified atom stereocenters. The maximum Gasteiger partial charge on any atom is 0.242 e. The van der Waals surface area contributed by atoms with Crippen molar-refractivity contribution in [3.05, 3.63) is 65.2 Å². The number of rotatable bonds is 10. The lowest BCUT2D eigenvalue weighted by Crippen LogP contribution is -2.48. The van der Waals surface area contributed by atoms with E-state index in [4.69, 9.17) is 11.6 Å². The average Bonchev–Trinajstić information content (AvgIpc) is 2.72. The summed E-state index contributed by atoms with van der Waals surface area (Å²) in [5, 5.41) is 3.57. The Hall–Kier alpha value is -1.98. The van der Waals surface area contributed by atoms with Gasteiger partial charge in [-0.05, 0) is 43.2 Å². The standard InChI is InChI=1S/C22H27ClN2O2S/c1-3-4-14-24-22(27)17(2)25(15-18-10-12-19(23)13-11-18)21(26)16-28-20-8-6-5-7-9-20/h5-13,17H,3-4,14-16H2,1-2H3,(H,24,27)/t17-/m0/s1. The Balaban J connectivity index is 2.08. The molecule has 0 fully saturated rings. The molecule has 6 heteroatoms. The number of carbonyl (C=O) groups is 2. The van der Waals surface area contributed by atoms with E-state index >= 15 is 0 Å². The van der Waals surface area contributed by atoms with E-state index in [0.29, 0.717) is 18.1 Å². The molecular formula is C22H27ClN2O2S. The van der Waals surface area contributed by atoms with Crippen LogP contribution >= 0.6 is 23.4 Å². The van der Waals surface area contributed by atoms with Crippen LogP contribution in [-0.2, 0) is 16.1 Å². The van der Waals surface area contributed by atoms with Crippen molar-refractivity contribution in [1.82, 2.24) is 10.2 Å². The summed E-state index contributed by atoms with van der Waals surface area (Å²) in [4.78, 5) is 28.2. The van der Waals surface area contributed by atoms with Crippen LogP contribution in [0.1, 0.15) is 32.3 Å². The predicted molar refractivity (Wildman–Crippen MR) is 117 cm³/mol. The van der Waals surface area contributed by atoms with Gasteiger partial charge in [0.2, 0.25) is 11.8 Å². The SMILES string of the molecule is CCCCNC(=O)[C@H](C)N(Cc1ccc(Cl)cc1)C(=O)CSc1ccccc1. The number of carbonyl (C=O) groups excluding carboxylic acids is 2. The highest BCUT2D eigenvalue weighted by molar-refractivity contribution is 8.00. The zero-order chi connectivity index (χ0) is 20.4. The number of thioether (sulfide) groups is 1. The van der Waals surface area contributed by atoms with Gasteiger partial charge < -0.3 is 10.2 Å². The summed E-state index contributed by atoms with van der Waals surface area (Å²) >= 11 is 7.44. The van der Waals surface area contributed by atoms with E-state index in [0.717, 1.165) is 23.3 Å². The first kappa shape index (κ1) is 22.3. The van der Waals surface area contributed by atoms with Crippen LogP contribution in [-0.4, -0.2) is 35.1 Å². The van der Waals surface area contributed by atoms with E-state index in [1.807, 2.05) is 42.5 Å². The Bertz CT molecular complexity index is 753. The second-order valence-corrected chi connectivity index (χ2v) is 8.06. The van der Waals surface area contributed by atoms with Crippen molar-refractivity contribution < 1.29 is 9.59 Å². The number of nitrogens with zero attached hydrogens (tertiary/aromatic N) is 1. The number of hydrogen-bond acceptors (Lipinski definition) is 3. The van der Waals surface area contributed by atoms with Gasteiger partial charge >= 0.3 is 0 Å². The highest BCUT2D eigenvalue weighted by atomic mass is 35.5. The van der Waals surface area contributed by atoms with Gasteiger partial charge in [-0.1, -0.05) is 55.3 Å². The summed E-state index contributed by atoms with van der Waals surface area (Å²) < 4.78 is 0. The third-order valence-electron chi connectivity index (χ3n) is 4.37. The molecule has 2 rings (SSSR count). The van der Waals surface area contributed by atoms with Crippen molar-refractivity contribution in [2.45, 2.75) is 44.2 Å². The van der Waals surface area contributed by atoms with Crippen molar-refractivity contribution in [2.24, 2.45) is 0 Å². The molecule has 0 aliphatic carbocycles. The van der Waals surface area contributed by atoms with Gasteiger partial charge in [0, 0.05) is 23.0 Å². The predicted octanol–water partition coefficient (Wildman–Crippen LogP) is 4.77. The molecule has 2 aromatic rings. The van der Waals surface area contributed by atoms with E-state index in [2.05, 4.69) is 12.2 Å². The van der Waals surface area contributed by atoms with Crippen LogP contribution in [0.5, 0.6) is 0 Å². The van der Waals surface area contributed by atoms with Crippen LogP contribution in [0.3, 0.4) is 0 Å². The molecule has 1 N–H and O–H groups in total. The molecule has 0 radical (unpaired) electrons. The van der Waals surface area contributed by atoms with Crippen LogP contribution in [0.25, 0.3) is 0 Å². The van der Waals surface area contributed by atoms with Crippen LogP contribution in [0.4, 0.5) is 0 Å². The maximum absolute atomic E-state index is 13.0. The second-order valence-electron chi connectivity index (χ2n) is 6.57. The molecule has 0 bridgehead atoms. The molecule has 28 heavy (non-hydrogen) atoms. The van der Waals surface area contributed by atoms with Crippen molar-refractivity contribution in [2.75, 3.05) is 12.3 Å². The first-order valence-electron chi connectivity index (χ1n) is 9.50. The summed E-state index contributed by atoms with van der Waals surface area (Å²) in [6.45, 7) is 4.85. The number of unbranched alkanes of at least 4 members (excludes halogenated alkanes) is 1. The molecule has 0 spiro atoms. The summed E-state index contributed by atoms with van der Waals surface area (Å²) in [6, 6.07) is 16.6. The summed E-state index contributed by atoms with van der Waals surface area (Å²) in [6.07, 6.45) is 1.93. The fourth-order valence-corrected chi connectivity index (χ4v) is 3.58. The fraction of sp³-hybridized carbons (Fsp3) is 0.364. The average molecular weight is 419 g/mol.